The predicted molar refractivity (Wildman–Crippen MR) is 72.7 cm³/mol. The van der Waals surface area contributed by atoms with Gasteiger partial charge in [0.05, 0.1) is 11.4 Å². The molecule has 0 radical (unpaired) electrons. The molecule has 1 aromatic rings. The third kappa shape index (κ3) is 3.16. The first-order chi connectivity index (χ1) is 9.29. The number of hydrogen-bond acceptors (Lipinski definition) is 5. The summed E-state index contributed by atoms with van der Waals surface area (Å²) in [5.41, 5.74) is 1.23. The zero-order valence-electron chi connectivity index (χ0n) is 11.0. The number of rotatable bonds is 4. The Bertz CT molecular complexity index is 643. The molecule has 0 saturated carbocycles. The first kappa shape index (κ1) is 14.9. The monoisotopic (exact) mass is 319 g/mol. The molecule has 1 unspecified atom stereocenters. The topological polar surface area (TPSA) is 81.7 Å². The van der Waals surface area contributed by atoms with Gasteiger partial charge in [-0.3, -0.25) is 0 Å². The van der Waals surface area contributed by atoms with E-state index in [4.69, 9.17) is 20.2 Å². The van der Waals surface area contributed by atoms with Crippen molar-refractivity contribution in [2.45, 2.75) is 24.8 Å². The summed E-state index contributed by atoms with van der Waals surface area (Å²) in [4.78, 5) is 10.9. The lowest BCUT2D eigenvalue weighted by Gasteiger charge is -2.15. The van der Waals surface area contributed by atoms with Gasteiger partial charge in [-0.2, -0.15) is 0 Å². The number of carbonyl (C=O) groups is 1. The van der Waals surface area contributed by atoms with E-state index in [1.54, 1.807) is 19.9 Å². The predicted octanol–water partition coefficient (Wildman–Crippen LogP) is 1.72. The Morgan fingerprint density at radius 3 is 2.65 bits per heavy atom. The van der Waals surface area contributed by atoms with E-state index in [2.05, 4.69) is 5.32 Å². The highest BCUT2D eigenvalue weighted by molar-refractivity contribution is 8.13. The molecule has 1 N–H and O–H groups in total. The molecule has 110 valence electrons. The zero-order chi connectivity index (χ0) is 14.9. The Morgan fingerprint density at radius 1 is 1.40 bits per heavy atom. The van der Waals surface area contributed by atoms with E-state index in [1.807, 2.05) is 0 Å². The van der Waals surface area contributed by atoms with Gasteiger partial charge in [-0.05, 0) is 37.1 Å². The normalized spacial score (nSPS) is 18.6. The van der Waals surface area contributed by atoms with Crippen molar-refractivity contribution in [3.63, 3.8) is 0 Å². The average Bonchev–Trinajstić information content (AvgIpc) is 2.75. The van der Waals surface area contributed by atoms with Gasteiger partial charge in [0.1, 0.15) is 12.4 Å². The molecule has 6 nitrogen and oxygen atoms in total. The van der Waals surface area contributed by atoms with Crippen LogP contribution in [-0.2, 0) is 13.8 Å². The number of hydrogen-bond donors (Lipinski definition) is 1. The van der Waals surface area contributed by atoms with Gasteiger partial charge in [0.15, 0.2) is 6.10 Å². The number of nitrogens with one attached hydrogen (secondary N) is 1. The average molecular weight is 320 g/mol. The molecule has 0 bridgehead atoms. The van der Waals surface area contributed by atoms with Crippen molar-refractivity contribution in [2.75, 3.05) is 13.2 Å². The highest BCUT2D eigenvalue weighted by atomic mass is 35.7. The zero-order valence-corrected chi connectivity index (χ0v) is 12.5. The maximum Gasteiger partial charge on any atom is 0.407 e. The van der Waals surface area contributed by atoms with Crippen molar-refractivity contribution < 1.29 is 22.7 Å². The maximum atomic E-state index is 11.4. The molecule has 1 fully saturated rings. The van der Waals surface area contributed by atoms with Crippen molar-refractivity contribution in [3.8, 4) is 5.75 Å². The Hall–Kier alpha value is -1.47. The second-order valence-corrected chi connectivity index (χ2v) is 7.00. The van der Waals surface area contributed by atoms with E-state index in [1.165, 1.54) is 6.07 Å². The second-order valence-electron chi connectivity index (χ2n) is 4.47. The van der Waals surface area contributed by atoms with Gasteiger partial charge >= 0.3 is 6.09 Å². The lowest BCUT2D eigenvalue weighted by molar-refractivity contribution is 0.104. The molecule has 1 aromatic carbocycles. The van der Waals surface area contributed by atoms with Crippen LogP contribution in [0.4, 0.5) is 4.79 Å². The fourth-order valence-corrected chi connectivity index (χ4v) is 3.15. The summed E-state index contributed by atoms with van der Waals surface area (Å²) in [5.74, 6) is 0.537. The second kappa shape index (κ2) is 5.49. The fourth-order valence-electron chi connectivity index (χ4n) is 1.90. The van der Waals surface area contributed by atoms with E-state index < -0.39 is 15.1 Å². The van der Waals surface area contributed by atoms with Crippen LogP contribution in [0.1, 0.15) is 11.1 Å². The third-order valence-corrected chi connectivity index (χ3v) is 4.59. The Morgan fingerprint density at radius 2 is 2.10 bits per heavy atom. The van der Waals surface area contributed by atoms with Crippen LogP contribution < -0.4 is 10.1 Å². The number of alkyl carbamates (subject to hydrolysis) is 1. The van der Waals surface area contributed by atoms with E-state index in [0.717, 1.165) is 0 Å². The Labute approximate surface area is 121 Å². The molecule has 1 heterocycles. The van der Waals surface area contributed by atoms with Gasteiger partial charge in [-0.25, -0.2) is 13.2 Å². The molecule has 20 heavy (non-hydrogen) atoms. The van der Waals surface area contributed by atoms with Gasteiger partial charge in [-0.1, -0.05) is 0 Å². The number of cyclic esters (lactones) is 1. The molecule has 1 atom stereocenters. The van der Waals surface area contributed by atoms with Crippen LogP contribution in [0.2, 0.25) is 0 Å². The smallest absolute Gasteiger partial charge is 0.407 e. The lowest BCUT2D eigenvalue weighted by atomic mass is 10.1. The SMILES string of the molecule is Cc1c(OCC2CNC(=O)O2)ccc(S(=O)(=O)Cl)c1C. The number of ether oxygens (including phenoxy) is 2. The van der Waals surface area contributed by atoms with Crippen LogP contribution in [0.25, 0.3) is 0 Å². The minimum absolute atomic E-state index is 0.0676. The van der Waals surface area contributed by atoms with Gasteiger partial charge < -0.3 is 14.8 Å². The summed E-state index contributed by atoms with van der Waals surface area (Å²) >= 11 is 0. The third-order valence-electron chi connectivity index (χ3n) is 3.12. The van der Waals surface area contributed by atoms with Crippen LogP contribution in [0.5, 0.6) is 5.75 Å². The number of carbonyl (C=O) groups excluding carboxylic acids is 1. The minimum Gasteiger partial charge on any atom is -0.489 e. The van der Waals surface area contributed by atoms with Gasteiger partial charge in [-0.15, -0.1) is 0 Å². The van der Waals surface area contributed by atoms with E-state index in [9.17, 15) is 13.2 Å². The van der Waals surface area contributed by atoms with Crippen molar-refractivity contribution in [1.82, 2.24) is 5.32 Å². The molecule has 0 aliphatic carbocycles. The minimum atomic E-state index is -3.77. The first-order valence-corrected chi connectivity index (χ1v) is 8.22. The van der Waals surface area contributed by atoms with Crippen molar-refractivity contribution in [3.05, 3.63) is 23.3 Å². The molecule has 1 amide bonds. The van der Waals surface area contributed by atoms with Crippen molar-refractivity contribution in [2.24, 2.45) is 0 Å². The van der Waals surface area contributed by atoms with Gasteiger partial charge in [0, 0.05) is 10.7 Å². The highest BCUT2D eigenvalue weighted by Crippen LogP contribution is 2.29. The van der Waals surface area contributed by atoms with E-state index in [-0.39, 0.29) is 17.6 Å². The van der Waals surface area contributed by atoms with Crippen LogP contribution in [-0.4, -0.2) is 33.8 Å². The fraction of sp³-hybridized carbons (Fsp3) is 0.417. The summed E-state index contributed by atoms with van der Waals surface area (Å²) in [6.45, 7) is 4.00. The molecular formula is C12H14ClNO5S. The first-order valence-electron chi connectivity index (χ1n) is 5.91. The van der Waals surface area contributed by atoms with Gasteiger partial charge in [0.2, 0.25) is 0 Å². The molecule has 1 aliphatic rings. The number of benzene rings is 1. The van der Waals surface area contributed by atoms with E-state index >= 15 is 0 Å². The summed E-state index contributed by atoms with van der Waals surface area (Å²) in [6, 6.07) is 2.95. The Kier molecular flexibility index (Phi) is 4.10. The van der Waals surface area contributed by atoms with Crippen LogP contribution in [0, 0.1) is 13.8 Å². The highest BCUT2D eigenvalue weighted by Gasteiger charge is 2.23. The largest absolute Gasteiger partial charge is 0.489 e. The standard InChI is InChI=1S/C12H14ClNO5S/c1-7-8(2)11(20(13,16)17)4-3-10(7)18-6-9-5-14-12(15)19-9/h3-4,9H,5-6H2,1-2H3,(H,14,15). The molecule has 0 aromatic heterocycles. The summed E-state index contributed by atoms with van der Waals surface area (Å²) in [7, 11) is 1.58. The van der Waals surface area contributed by atoms with Crippen LogP contribution in [0.3, 0.4) is 0 Å². The quantitative estimate of drug-likeness (QED) is 0.854. The number of amides is 1. The summed E-state index contributed by atoms with van der Waals surface area (Å²) in [6.07, 6.45) is -0.811. The van der Waals surface area contributed by atoms with Gasteiger partial charge in [0.25, 0.3) is 9.05 Å². The molecule has 0 spiro atoms. The van der Waals surface area contributed by atoms with Crippen molar-refractivity contribution in [1.29, 1.82) is 0 Å². The molecular weight excluding hydrogens is 306 g/mol. The molecule has 2 rings (SSSR count). The maximum absolute atomic E-state index is 11.4. The molecule has 1 saturated heterocycles. The molecule has 1 aliphatic heterocycles. The number of halogens is 1. The molecule has 8 heteroatoms. The van der Waals surface area contributed by atoms with Crippen LogP contribution >= 0.6 is 10.7 Å². The van der Waals surface area contributed by atoms with Crippen molar-refractivity contribution >= 4 is 25.8 Å². The van der Waals surface area contributed by atoms with Crippen LogP contribution in [0.15, 0.2) is 17.0 Å². The Balaban J connectivity index is 2.14. The van der Waals surface area contributed by atoms with E-state index in [0.29, 0.717) is 23.4 Å². The lowest BCUT2D eigenvalue weighted by Crippen LogP contribution is -2.22. The summed E-state index contributed by atoms with van der Waals surface area (Å²) < 4.78 is 33.3. The summed E-state index contributed by atoms with van der Waals surface area (Å²) in [5, 5.41) is 2.52.